The van der Waals surface area contributed by atoms with Gasteiger partial charge in [-0.15, -0.1) is 23.8 Å². The number of aromatic nitrogens is 1. The Balaban J connectivity index is 0.000000320. The molecule has 1 aliphatic carbocycles. The van der Waals surface area contributed by atoms with E-state index in [0.29, 0.717) is 9.79 Å². The van der Waals surface area contributed by atoms with E-state index in [4.69, 9.17) is 10.1 Å². The van der Waals surface area contributed by atoms with Crippen molar-refractivity contribution in [1.29, 1.82) is 0 Å². The summed E-state index contributed by atoms with van der Waals surface area (Å²) < 4.78 is 25.5. The van der Waals surface area contributed by atoms with Gasteiger partial charge in [-0.3, -0.25) is 9.78 Å². The van der Waals surface area contributed by atoms with Gasteiger partial charge in [-0.1, -0.05) is 54.1 Å². The SMILES string of the molecule is CC(=O)C=C(C)O.O=S1(=O)c2c[c-]c(-c3cc4c5c(cccc5n3)C=C4)cc2-c2ccccc21.[Ir]. The molecular formula is C28H20IrNO4S-. The predicted octanol–water partition coefficient (Wildman–Crippen LogP) is 6.03. The standard InChI is InChI=1S/C23H12NO2S.C5H8O2.Ir/c25-27(26)21-7-2-1-5-17(21)18-12-15(10-11-22(18)27)20-13-16-9-8-14-4-3-6-19(24-20)23(14)16;1-4(6)3-5(2)7;/h1-9,11-13H;3,6H,1-2H3;/q-1;;. The van der Waals surface area contributed by atoms with Crippen molar-refractivity contribution in [3.8, 4) is 22.4 Å². The van der Waals surface area contributed by atoms with Crippen LogP contribution < -0.4 is 0 Å². The smallest absolute Gasteiger partial charge is 0.173 e. The first kappa shape index (κ1) is 24.7. The minimum atomic E-state index is -3.47. The largest absolute Gasteiger partial charge is 0.512 e. The second-order valence-corrected chi connectivity index (χ2v) is 10.1. The summed E-state index contributed by atoms with van der Waals surface area (Å²) in [4.78, 5) is 15.5. The van der Waals surface area contributed by atoms with Crippen molar-refractivity contribution < 1.29 is 38.4 Å². The molecule has 1 aromatic heterocycles. The van der Waals surface area contributed by atoms with E-state index in [-0.39, 0.29) is 31.6 Å². The molecule has 35 heavy (non-hydrogen) atoms. The van der Waals surface area contributed by atoms with Gasteiger partial charge in [0.05, 0.1) is 16.2 Å². The zero-order valence-corrected chi connectivity index (χ0v) is 22.1. The molecule has 0 amide bonds. The number of carbonyl (C=O) groups is 1. The minimum absolute atomic E-state index is 0. The van der Waals surface area contributed by atoms with Crippen molar-refractivity contribution in [2.24, 2.45) is 0 Å². The van der Waals surface area contributed by atoms with Gasteiger partial charge in [-0.05, 0) is 53.3 Å². The Morgan fingerprint density at radius 3 is 2.40 bits per heavy atom. The average Bonchev–Trinajstić information content (AvgIpc) is 3.31. The number of rotatable bonds is 2. The second kappa shape index (κ2) is 9.34. The third kappa shape index (κ3) is 4.39. The molecule has 1 radical (unpaired) electrons. The van der Waals surface area contributed by atoms with Crippen LogP contribution in [0.1, 0.15) is 25.0 Å². The van der Waals surface area contributed by atoms with E-state index in [1.165, 1.54) is 25.5 Å². The number of fused-ring (bicyclic) bond motifs is 3. The molecule has 0 saturated heterocycles. The van der Waals surface area contributed by atoms with Crippen molar-refractivity contribution in [3.63, 3.8) is 0 Å². The van der Waals surface area contributed by atoms with E-state index in [0.717, 1.165) is 38.9 Å². The summed E-state index contributed by atoms with van der Waals surface area (Å²) in [7, 11) is -3.47. The number of aliphatic hydroxyl groups is 1. The quantitative estimate of drug-likeness (QED) is 0.140. The van der Waals surface area contributed by atoms with E-state index < -0.39 is 9.84 Å². The average molecular weight is 659 g/mol. The van der Waals surface area contributed by atoms with Gasteiger partial charge in [0.15, 0.2) is 15.6 Å². The summed E-state index contributed by atoms with van der Waals surface area (Å²) in [5, 5.41) is 9.53. The van der Waals surface area contributed by atoms with Gasteiger partial charge in [-0.2, -0.15) is 0 Å². The molecule has 0 saturated carbocycles. The summed E-state index contributed by atoms with van der Waals surface area (Å²) in [6.07, 6.45) is 5.36. The van der Waals surface area contributed by atoms with Gasteiger partial charge in [-0.25, -0.2) is 8.42 Å². The minimum Gasteiger partial charge on any atom is -0.512 e. The van der Waals surface area contributed by atoms with Crippen molar-refractivity contribution in [3.05, 3.63) is 89.7 Å². The number of sulfone groups is 1. The number of nitrogens with zero attached hydrogens (tertiary/aromatic N) is 1. The first-order valence-electron chi connectivity index (χ1n) is 10.7. The third-order valence-electron chi connectivity index (χ3n) is 5.70. The molecule has 1 N–H and O–H groups in total. The Kier molecular flexibility index (Phi) is 6.60. The normalized spacial score (nSPS) is 13.9. The summed E-state index contributed by atoms with van der Waals surface area (Å²) in [6.45, 7) is 2.85. The monoisotopic (exact) mass is 659 g/mol. The molecular weight excluding hydrogens is 639 g/mol. The van der Waals surface area contributed by atoms with Crippen LogP contribution in [0.3, 0.4) is 0 Å². The summed E-state index contributed by atoms with van der Waals surface area (Å²) in [5.41, 5.74) is 6.31. The molecule has 0 unspecified atom stereocenters. The number of carbonyl (C=O) groups excluding carboxylic acids is 1. The van der Waals surface area contributed by atoms with E-state index in [9.17, 15) is 13.2 Å². The summed E-state index contributed by atoms with van der Waals surface area (Å²) in [6, 6.07) is 21.9. The van der Waals surface area contributed by atoms with Crippen LogP contribution >= 0.6 is 0 Å². The first-order chi connectivity index (χ1) is 16.3. The van der Waals surface area contributed by atoms with Gasteiger partial charge in [0.1, 0.15) is 0 Å². The van der Waals surface area contributed by atoms with Gasteiger partial charge >= 0.3 is 0 Å². The fraction of sp³-hybridized carbons (Fsp3) is 0.0714. The second-order valence-electron chi connectivity index (χ2n) is 8.19. The number of hydrogen-bond acceptors (Lipinski definition) is 5. The van der Waals surface area contributed by atoms with Gasteiger partial charge in [0.25, 0.3) is 0 Å². The fourth-order valence-electron chi connectivity index (χ4n) is 4.33. The van der Waals surface area contributed by atoms with E-state index in [2.05, 4.69) is 24.3 Å². The van der Waals surface area contributed by atoms with Crippen LogP contribution in [0, 0.1) is 6.07 Å². The molecule has 6 rings (SSSR count). The predicted molar refractivity (Wildman–Crippen MR) is 133 cm³/mol. The number of pyridine rings is 1. The van der Waals surface area contributed by atoms with Crippen LogP contribution in [0.15, 0.2) is 82.3 Å². The Hall–Kier alpha value is -3.38. The van der Waals surface area contributed by atoms with Crippen molar-refractivity contribution in [2.45, 2.75) is 23.6 Å². The topological polar surface area (TPSA) is 84.3 Å². The first-order valence-corrected chi connectivity index (χ1v) is 12.1. The Bertz CT molecular complexity index is 1670. The maximum Gasteiger partial charge on any atom is 0.173 e. The summed E-state index contributed by atoms with van der Waals surface area (Å²) >= 11 is 0. The van der Waals surface area contributed by atoms with Crippen LogP contribution in [0.2, 0.25) is 0 Å². The Morgan fingerprint density at radius 2 is 1.69 bits per heavy atom. The van der Waals surface area contributed by atoms with Crippen LogP contribution in [-0.4, -0.2) is 24.3 Å². The van der Waals surface area contributed by atoms with Gasteiger partial charge in [0.2, 0.25) is 0 Å². The van der Waals surface area contributed by atoms with Crippen molar-refractivity contribution in [2.75, 3.05) is 0 Å². The number of allylic oxidation sites excluding steroid dienone is 2. The molecule has 4 aromatic rings. The van der Waals surface area contributed by atoms with Gasteiger partial charge < -0.3 is 5.11 Å². The molecule has 7 heteroatoms. The molecule has 0 spiro atoms. The van der Waals surface area contributed by atoms with Crippen LogP contribution in [0.25, 0.3) is 45.4 Å². The van der Waals surface area contributed by atoms with Crippen LogP contribution in [0.5, 0.6) is 0 Å². The molecule has 177 valence electrons. The molecule has 2 aliphatic rings. The molecule has 0 bridgehead atoms. The van der Waals surface area contributed by atoms with E-state index in [1.807, 2.05) is 36.4 Å². The van der Waals surface area contributed by atoms with Crippen LogP contribution in [-0.2, 0) is 34.7 Å². The number of ketones is 1. The number of benzene rings is 3. The maximum absolute atomic E-state index is 12.8. The molecule has 0 atom stereocenters. The number of hydrogen-bond donors (Lipinski definition) is 1. The zero-order chi connectivity index (χ0) is 24.0. The van der Waals surface area contributed by atoms with Crippen LogP contribution in [0.4, 0.5) is 0 Å². The Labute approximate surface area is 217 Å². The van der Waals surface area contributed by atoms with Crippen molar-refractivity contribution >= 4 is 38.7 Å². The molecule has 1 aliphatic heterocycles. The zero-order valence-electron chi connectivity index (χ0n) is 18.9. The molecule has 3 aromatic carbocycles. The number of aliphatic hydroxyl groups excluding tert-OH is 1. The molecule has 2 heterocycles. The summed E-state index contributed by atoms with van der Waals surface area (Å²) in [5.74, 6) is -0.0625. The van der Waals surface area contributed by atoms with E-state index in [1.54, 1.807) is 18.2 Å². The van der Waals surface area contributed by atoms with Gasteiger partial charge in [0, 0.05) is 31.6 Å². The maximum atomic E-state index is 12.8. The third-order valence-corrected chi connectivity index (χ3v) is 7.55. The Morgan fingerprint density at radius 1 is 0.943 bits per heavy atom. The molecule has 5 nitrogen and oxygen atoms in total. The van der Waals surface area contributed by atoms with Crippen molar-refractivity contribution in [1.82, 2.24) is 4.98 Å². The van der Waals surface area contributed by atoms with E-state index >= 15 is 0 Å². The fourth-order valence-corrected chi connectivity index (χ4v) is 5.96. The molecule has 0 fully saturated rings.